The van der Waals surface area contributed by atoms with Crippen LogP contribution in [0.3, 0.4) is 0 Å². The lowest BCUT2D eigenvalue weighted by Crippen LogP contribution is -2.35. The zero-order valence-corrected chi connectivity index (χ0v) is 13.0. The van der Waals surface area contributed by atoms with E-state index in [0.717, 1.165) is 6.07 Å². The van der Waals surface area contributed by atoms with Crippen LogP contribution in [0.25, 0.3) is 0 Å². The zero-order chi connectivity index (χ0) is 18.4. The third kappa shape index (κ3) is 5.35. The van der Waals surface area contributed by atoms with Gasteiger partial charge in [0.2, 0.25) is 5.88 Å². The molecule has 0 aliphatic heterocycles. The SMILES string of the molecule is NCc1cc(OC[C@H](Nc2ccccc2)C(=O)O)nc(C(F)(F)F)c1. The first-order chi connectivity index (χ1) is 11.8. The molecular weight excluding hydrogens is 339 g/mol. The first-order valence-electron chi connectivity index (χ1n) is 7.25. The average molecular weight is 355 g/mol. The van der Waals surface area contributed by atoms with Gasteiger partial charge in [-0.2, -0.15) is 13.2 Å². The molecule has 0 radical (unpaired) electrons. The number of pyridine rings is 1. The van der Waals surface area contributed by atoms with Gasteiger partial charge in [0.25, 0.3) is 0 Å². The normalized spacial score (nSPS) is 12.5. The summed E-state index contributed by atoms with van der Waals surface area (Å²) in [6, 6.07) is 9.41. The van der Waals surface area contributed by atoms with Crippen LogP contribution in [0.4, 0.5) is 18.9 Å². The summed E-state index contributed by atoms with van der Waals surface area (Å²) in [6.45, 7) is -0.546. The molecule has 1 atom stereocenters. The van der Waals surface area contributed by atoms with E-state index in [1.54, 1.807) is 30.3 Å². The van der Waals surface area contributed by atoms with Gasteiger partial charge < -0.3 is 20.9 Å². The van der Waals surface area contributed by atoms with Gasteiger partial charge in [-0.05, 0) is 23.8 Å². The highest BCUT2D eigenvalue weighted by atomic mass is 19.4. The summed E-state index contributed by atoms with van der Waals surface area (Å²) in [6.07, 6.45) is -4.65. The average Bonchev–Trinajstić information content (AvgIpc) is 2.58. The molecule has 0 bridgehead atoms. The number of alkyl halides is 3. The lowest BCUT2D eigenvalue weighted by molar-refractivity contribution is -0.142. The Bertz CT molecular complexity index is 724. The second kappa shape index (κ2) is 7.84. The summed E-state index contributed by atoms with van der Waals surface area (Å²) in [4.78, 5) is 14.7. The van der Waals surface area contributed by atoms with E-state index < -0.39 is 30.5 Å². The minimum atomic E-state index is -4.65. The van der Waals surface area contributed by atoms with Gasteiger partial charge in [-0.15, -0.1) is 0 Å². The van der Waals surface area contributed by atoms with E-state index in [1.807, 2.05) is 0 Å². The molecule has 1 aromatic heterocycles. The summed E-state index contributed by atoms with van der Waals surface area (Å²) in [7, 11) is 0. The molecule has 9 heteroatoms. The lowest BCUT2D eigenvalue weighted by Gasteiger charge is -2.17. The van der Waals surface area contributed by atoms with Crippen LogP contribution in [0.1, 0.15) is 11.3 Å². The smallest absolute Gasteiger partial charge is 0.433 e. The molecule has 134 valence electrons. The molecule has 1 aromatic carbocycles. The molecule has 6 nitrogen and oxygen atoms in total. The van der Waals surface area contributed by atoms with Gasteiger partial charge in [-0.3, -0.25) is 0 Å². The highest BCUT2D eigenvalue weighted by molar-refractivity contribution is 5.77. The fourth-order valence-electron chi connectivity index (χ4n) is 1.98. The number of anilines is 1. The number of nitrogens with two attached hydrogens (primary N) is 1. The Morgan fingerprint density at radius 2 is 1.96 bits per heavy atom. The molecule has 2 rings (SSSR count). The molecule has 0 saturated heterocycles. The summed E-state index contributed by atoms with van der Waals surface area (Å²) in [5.41, 5.74) is 4.96. The second-order valence-electron chi connectivity index (χ2n) is 5.11. The van der Waals surface area contributed by atoms with Gasteiger partial charge in [0.05, 0.1) is 0 Å². The number of carbonyl (C=O) groups is 1. The van der Waals surface area contributed by atoms with Crippen molar-refractivity contribution in [3.63, 3.8) is 0 Å². The van der Waals surface area contributed by atoms with E-state index >= 15 is 0 Å². The first kappa shape index (κ1) is 18.5. The maximum Gasteiger partial charge on any atom is 0.433 e. The minimum absolute atomic E-state index is 0.132. The first-order valence-corrected chi connectivity index (χ1v) is 7.25. The Morgan fingerprint density at radius 1 is 1.28 bits per heavy atom. The number of nitrogens with one attached hydrogen (secondary N) is 1. The van der Waals surface area contributed by atoms with Gasteiger partial charge in [0, 0.05) is 18.3 Å². The van der Waals surface area contributed by atoms with Crippen molar-refractivity contribution in [2.45, 2.75) is 18.8 Å². The molecular formula is C16H16F3N3O3. The number of nitrogens with zero attached hydrogens (tertiary/aromatic N) is 1. The number of ether oxygens (including phenoxy) is 1. The third-order valence-electron chi connectivity index (χ3n) is 3.20. The molecule has 2 aromatic rings. The fourth-order valence-corrected chi connectivity index (χ4v) is 1.98. The van der Waals surface area contributed by atoms with Gasteiger partial charge >= 0.3 is 12.1 Å². The van der Waals surface area contributed by atoms with Crippen molar-refractivity contribution < 1.29 is 27.8 Å². The molecule has 0 fully saturated rings. The van der Waals surface area contributed by atoms with Gasteiger partial charge in [0.1, 0.15) is 12.3 Å². The Labute approximate surface area is 141 Å². The number of carboxylic acid groups (broad SMARTS) is 1. The molecule has 0 spiro atoms. The second-order valence-corrected chi connectivity index (χ2v) is 5.11. The molecule has 1 heterocycles. The van der Waals surface area contributed by atoms with Crippen molar-refractivity contribution >= 4 is 11.7 Å². The van der Waals surface area contributed by atoms with E-state index in [0.29, 0.717) is 5.69 Å². The number of benzene rings is 1. The standard InChI is InChI=1S/C16H16F3N3O3/c17-16(18,19)13-6-10(8-20)7-14(22-13)25-9-12(15(23)24)21-11-4-2-1-3-5-11/h1-7,12,21H,8-9,20H2,(H,23,24)/t12-/m0/s1. The van der Waals surface area contributed by atoms with Gasteiger partial charge in [-0.1, -0.05) is 18.2 Å². The number of hydrogen-bond acceptors (Lipinski definition) is 5. The van der Waals surface area contributed by atoms with Crippen LogP contribution in [-0.2, 0) is 17.5 Å². The maximum absolute atomic E-state index is 12.8. The number of carboxylic acids is 1. The Balaban J connectivity index is 2.13. The molecule has 0 aliphatic rings. The number of aliphatic carboxylic acids is 1. The number of halogens is 3. The zero-order valence-electron chi connectivity index (χ0n) is 13.0. The van der Waals surface area contributed by atoms with Crippen molar-refractivity contribution in [2.24, 2.45) is 5.73 Å². The predicted molar refractivity (Wildman–Crippen MR) is 84.1 cm³/mol. The number of rotatable bonds is 7. The van der Waals surface area contributed by atoms with Crippen LogP contribution in [0.15, 0.2) is 42.5 Å². The summed E-state index contributed by atoms with van der Waals surface area (Å²) >= 11 is 0. The minimum Gasteiger partial charge on any atom is -0.480 e. The van der Waals surface area contributed by atoms with Crippen LogP contribution in [0.2, 0.25) is 0 Å². The summed E-state index contributed by atoms with van der Waals surface area (Å²) in [5, 5.41) is 12.0. The monoisotopic (exact) mass is 355 g/mol. The largest absolute Gasteiger partial charge is 0.480 e. The highest BCUT2D eigenvalue weighted by Gasteiger charge is 2.33. The lowest BCUT2D eigenvalue weighted by atomic mass is 10.2. The molecule has 4 N–H and O–H groups in total. The molecule has 0 amide bonds. The topological polar surface area (TPSA) is 97.5 Å². The molecule has 0 saturated carbocycles. The number of aromatic nitrogens is 1. The van der Waals surface area contributed by atoms with Crippen LogP contribution >= 0.6 is 0 Å². The van der Waals surface area contributed by atoms with Crippen molar-refractivity contribution in [1.29, 1.82) is 0 Å². The van der Waals surface area contributed by atoms with Crippen LogP contribution < -0.4 is 15.8 Å². The van der Waals surface area contributed by atoms with Crippen molar-refractivity contribution in [3.8, 4) is 5.88 Å². The third-order valence-corrected chi connectivity index (χ3v) is 3.20. The van der Waals surface area contributed by atoms with Crippen LogP contribution in [0, 0.1) is 0 Å². The van der Waals surface area contributed by atoms with E-state index in [-0.39, 0.29) is 18.0 Å². The Kier molecular flexibility index (Phi) is 5.81. The Morgan fingerprint density at radius 3 is 2.52 bits per heavy atom. The van der Waals surface area contributed by atoms with Gasteiger partial charge in [0.15, 0.2) is 6.04 Å². The molecule has 0 aliphatic carbocycles. The van der Waals surface area contributed by atoms with Crippen molar-refractivity contribution in [3.05, 3.63) is 53.7 Å². The number of hydrogen-bond donors (Lipinski definition) is 3. The van der Waals surface area contributed by atoms with E-state index in [2.05, 4.69) is 10.3 Å². The van der Waals surface area contributed by atoms with Gasteiger partial charge in [-0.25, -0.2) is 9.78 Å². The fraction of sp³-hybridized carbons (Fsp3) is 0.250. The quantitative estimate of drug-likeness (QED) is 0.706. The summed E-state index contributed by atoms with van der Waals surface area (Å²) in [5.74, 6) is -1.55. The summed E-state index contributed by atoms with van der Waals surface area (Å²) < 4.78 is 43.7. The van der Waals surface area contributed by atoms with Crippen molar-refractivity contribution in [1.82, 2.24) is 4.98 Å². The number of para-hydroxylation sites is 1. The predicted octanol–water partition coefficient (Wildman–Crippen LogP) is 2.50. The maximum atomic E-state index is 12.8. The molecule has 25 heavy (non-hydrogen) atoms. The van der Waals surface area contributed by atoms with Crippen LogP contribution in [-0.4, -0.2) is 28.7 Å². The van der Waals surface area contributed by atoms with E-state index in [1.165, 1.54) is 6.07 Å². The van der Waals surface area contributed by atoms with Crippen molar-refractivity contribution in [2.75, 3.05) is 11.9 Å². The molecule has 0 unspecified atom stereocenters. The highest BCUT2D eigenvalue weighted by Crippen LogP contribution is 2.30. The van der Waals surface area contributed by atoms with Crippen LogP contribution in [0.5, 0.6) is 5.88 Å². The van der Waals surface area contributed by atoms with E-state index in [4.69, 9.17) is 10.5 Å². The Hall–Kier alpha value is -2.81. The van der Waals surface area contributed by atoms with E-state index in [9.17, 15) is 23.1 Å².